The van der Waals surface area contributed by atoms with Gasteiger partial charge in [0.05, 0.1) is 5.69 Å². The van der Waals surface area contributed by atoms with E-state index in [2.05, 4.69) is 23.2 Å². The third-order valence-corrected chi connectivity index (χ3v) is 2.71. The lowest BCUT2D eigenvalue weighted by atomic mass is 10.3. The Bertz CT molecular complexity index is 281. The van der Waals surface area contributed by atoms with Crippen molar-refractivity contribution < 1.29 is 0 Å². The zero-order chi connectivity index (χ0) is 10.4. The highest BCUT2D eigenvalue weighted by molar-refractivity contribution is 7.98. The predicted octanol–water partition coefficient (Wildman–Crippen LogP) is 2.53. The first-order valence-corrected chi connectivity index (χ1v) is 6.27. The first kappa shape index (κ1) is 11.8. The number of halogens is 1. The predicted molar refractivity (Wildman–Crippen MR) is 64.0 cm³/mol. The minimum Gasteiger partial charge on any atom is -0.300 e. The standard InChI is InChI=1S/C10H15ClN2S/c1-13(5-6-14-2)8-10-7-9(11)3-4-12-10/h3-4,7H,5-6,8H2,1-2H3. The van der Waals surface area contributed by atoms with E-state index in [-0.39, 0.29) is 0 Å². The molecule has 0 spiro atoms. The van der Waals surface area contributed by atoms with Crippen LogP contribution < -0.4 is 0 Å². The molecule has 0 aliphatic rings. The number of rotatable bonds is 5. The van der Waals surface area contributed by atoms with E-state index in [1.807, 2.05) is 17.8 Å². The molecule has 14 heavy (non-hydrogen) atoms. The quantitative estimate of drug-likeness (QED) is 0.774. The van der Waals surface area contributed by atoms with Crippen molar-refractivity contribution in [2.24, 2.45) is 0 Å². The van der Waals surface area contributed by atoms with Crippen LogP contribution in [0.3, 0.4) is 0 Å². The van der Waals surface area contributed by atoms with Crippen molar-refractivity contribution in [3.8, 4) is 0 Å². The molecule has 0 unspecified atom stereocenters. The van der Waals surface area contributed by atoms with Gasteiger partial charge in [0.15, 0.2) is 0 Å². The van der Waals surface area contributed by atoms with Gasteiger partial charge in [-0.1, -0.05) is 11.6 Å². The van der Waals surface area contributed by atoms with Crippen molar-refractivity contribution in [1.29, 1.82) is 0 Å². The van der Waals surface area contributed by atoms with E-state index in [9.17, 15) is 0 Å². The molecule has 78 valence electrons. The van der Waals surface area contributed by atoms with Crippen LogP contribution in [0.5, 0.6) is 0 Å². The molecule has 0 aromatic carbocycles. The smallest absolute Gasteiger partial charge is 0.0558 e. The molecular formula is C10H15ClN2S. The third-order valence-electron chi connectivity index (χ3n) is 1.89. The maximum absolute atomic E-state index is 5.87. The average molecular weight is 231 g/mol. The Kier molecular flexibility index (Phi) is 5.30. The van der Waals surface area contributed by atoms with E-state index in [0.29, 0.717) is 0 Å². The van der Waals surface area contributed by atoms with Gasteiger partial charge in [0, 0.05) is 30.1 Å². The highest BCUT2D eigenvalue weighted by Gasteiger charge is 2.01. The average Bonchev–Trinajstić information content (AvgIpc) is 2.15. The molecule has 0 N–H and O–H groups in total. The molecular weight excluding hydrogens is 216 g/mol. The fourth-order valence-corrected chi connectivity index (χ4v) is 1.81. The molecule has 0 bridgehead atoms. The van der Waals surface area contributed by atoms with E-state index in [1.54, 1.807) is 12.3 Å². The summed E-state index contributed by atoms with van der Waals surface area (Å²) in [7, 11) is 2.10. The Morgan fingerprint density at radius 3 is 3.00 bits per heavy atom. The van der Waals surface area contributed by atoms with Gasteiger partial charge in [-0.3, -0.25) is 9.88 Å². The second-order valence-electron chi connectivity index (χ2n) is 3.20. The van der Waals surface area contributed by atoms with Gasteiger partial charge in [0.25, 0.3) is 0 Å². The number of aromatic nitrogens is 1. The summed E-state index contributed by atoms with van der Waals surface area (Å²) in [4.78, 5) is 6.50. The molecule has 2 nitrogen and oxygen atoms in total. The van der Waals surface area contributed by atoms with Crippen LogP contribution >= 0.6 is 23.4 Å². The van der Waals surface area contributed by atoms with Crippen molar-refractivity contribution >= 4 is 23.4 Å². The van der Waals surface area contributed by atoms with Gasteiger partial charge in [-0.2, -0.15) is 11.8 Å². The Hall–Kier alpha value is -0.250. The minimum absolute atomic E-state index is 0.758. The van der Waals surface area contributed by atoms with E-state index in [4.69, 9.17) is 11.6 Å². The number of hydrogen-bond donors (Lipinski definition) is 0. The molecule has 0 atom stereocenters. The highest BCUT2D eigenvalue weighted by atomic mass is 35.5. The van der Waals surface area contributed by atoms with Crippen LogP contribution in [0, 0.1) is 0 Å². The summed E-state index contributed by atoms with van der Waals surface area (Å²) in [6.07, 6.45) is 3.87. The molecule has 4 heteroatoms. The summed E-state index contributed by atoms with van der Waals surface area (Å²) in [5.41, 5.74) is 1.03. The molecule has 1 aromatic rings. The van der Waals surface area contributed by atoms with E-state index in [1.165, 1.54) is 0 Å². The Morgan fingerprint density at radius 1 is 1.57 bits per heavy atom. The second kappa shape index (κ2) is 6.27. The van der Waals surface area contributed by atoms with Gasteiger partial charge in [-0.15, -0.1) is 0 Å². The lowest BCUT2D eigenvalue weighted by Gasteiger charge is -2.15. The molecule has 0 radical (unpaired) electrons. The molecule has 0 saturated carbocycles. The monoisotopic (exact) mass is 230 g/mol. The summed E-state index contributed by atoms with van der Waals surface area (Å²) < 4.78 is 0. The van der Waals surface area contributed by atoms with E-state index < -0.39 is 0 Å². The van der Waals surface area contributed by atoms with Gasteiger partial charge in [0.2, 0.25) is 0 Å². The van der Waals surface area contributed by atoms with Crippen LogP contribution in [-0.2, 0) is 6.54 Å². The zero-order valence-electron chi connectivity index (χ0n) is 8.53. The van der Waals surface area contributed by atoms with Crippen LogP contribution in [0.1, 0.15) is 5.69 Å². The first-order chi connectivity index (χ1) is 6.72. The molecule has 0 amide bonds. The molecule has 0 fully saturated rings. The lowest BCUT2D eigenvalue weighted by Crippen LogP contribution is -2.21. The van der Waals surface area contributed by atoms with Crippen LogP contribution in [0.2, 0.25) is 5.02 Å². The summed E-state index contributed by atoms with van der Waals surface area (Å²) in [6.45, 7) is 1.94. The molecule has 0 saturated heterocycles. The minimum atomic E-state index is 0.758. The summed E-state index contributed by atoms with van der Waals surface area (Å²) in [5.74, 6) is 1.15. The van der Waals surface area contributed by atoms with Crippen molar-refractivity contribution in [1.82, 2.24) is 9.88 Å². The van der Waals surface area contributed by atoms with E-state index in [0.717, 1.165) is 29.6 Å². The van der Waals surface area contributed by atoms with Crippen LogP contribution in [-0.4, -0.2) is 35.5 Å². The van der Waals surface area contributed by atoms with Crippen molar-refractivity contribution in [2.75, 3.05) is 25.6 Å². The maximum Gasteiger partial charge on any atom is 0.0558 e. The molecule has 0 aliphatic heterocycles. The molecule has 1 rings (SSSR count). The highest BCUT2D eigenvalue weighted by Crippen LogP contribution is 2.09. The topological polar surface area (TPSA) is 16.1 Å². The van der Waals surface area contributed by atoms with E-state index >= 15 is 0 Å². The van der Waals surface area contributed by atoms with Crippen LogP contribution in [0.25, 0.3) is 0 Å². The van der Waals surface area contributed by atoms with Crippen LogP contribution in [0.4, 0.5) is 0 Å². The Labute approximate surface area is 94.7 Å². The largest absolute Gasteiger partial charge is 0.300 e. The Morgan fingerprint density at radius 2 is 2.36 bits per heavy atom. The Balaban J connectivity index is 2.43. The molecule has 1 heterocycles. The summed E-state index contributed by atoms with van der Waals surface area (Å²) in [6, 6.07) is 3.71. The normalized spacial score (nSPS) is 10.9. The number of hydrogen-bond acceptors (Lipinski definition) is 3. The summed E-state index contributed by atoms with van der Waals surface area (Å²) >= 11 is 7.73. The number of pyridine rings is 1. The van der Waals surface area contributed by atoms with Gasteiger partial charge in [-0.05, 0) is 25.4 Å². The molecule has 1 aromatic heterocycles. The fourth-order valence-electron chi connectivity index (χ4n) is 1.14. The van der Waals surface area contributed by atoms with Gasteiger partial charge in [0.1, 0.15) is 0 Å². The van der Waals surface area contributed by atoms with Crippen molar-refractivity contribution in [3.05, 3.63) is 29.0 Å². The first-order valence-electron chi connectivity index (χ1n) is 4.50. The van der Waals surface area contributed by atoms with Crippen molar-refractivity contribution in [3.63, 3.8) is 0 Å². The molecule has 0 aliphatic carbocycles. The SMILES string of the molecule is CSCCN(C)Cc1cc(Cl)ccn1. The fraction of sp³-hybridized carbons (Fsp3) is 0.500. The third kappa shape index (κ3) is 4.31. The van der Waals surface area contributed by atoms with Crippen molar-refractivity contribution in [2.45, 2.75) is 6.54 Å². The van der Waals surface area contributed by atoms with Gasteiger partial charge < -0.3 is 0 Å². The number of nitrogens with zero attached hydrogens (tertiary/aromatic N) is 2. The van der Waals surface area contributed by atoms with Crippen LogP contribution in [0.15, 0.2) is 18.3 Å². The summed E-state index contributed by atoms with van der Waals surface area (Å²) in [5, 5.41) is 0.758. The van der Waals surface area contributed by atoms with Gasteiger partial charge in [-0.25, -0.2) is 0 Å². The lowest BCUT2D eigenvalue weighted by molar-refractivity contribution is 0.344. The maximum atomic E-state index is 5.87. The number of thioether (sulfide) groups is 1. The second-order valence-corrected chi connectivity index (χ2v) is 4.62. The van der Waals surface area contributed by atoms with Gasteiger partial charge >= 0.3 is 0 Å². The zero-order valence-corrected chi connectivity index (χ0v) is 10.1.